The maximum absolute atomic E-state index is 13.3. The molecule has 2 fully saturated rings. The molecule has 0 aliphatic carbocycles. The van der Waals surface area contributed by atoms with Gasteiger partial charge in [-0.2, -0.15) is 8.61 Å². The number of hydrogen-bond donors (Lipinski definition) is 3. The number of carbonyl (C=O) groups excluding carboxylic acids is 1. The maximum atomic E-state index is 13.3. The molecule has 75 heavy (non-hydrogen) atoms. The number of imidazole rings is 1. The van der Waals surface area contributed by atoms with Crippen LogP contribution < -0.4 is 20.5 Å². The van der Waals surface area contributed by atoms with Crippen molar-refractivity contribution in [2.24, 2.45) is 0 Å². The van der Waals surface area contributed by atoms with E-state index in [0.29, 0.717) is 102 Å². The fourth-order valence-electron chi connectivity index (χ4n) is 8.09. The van der Waals surface area contributed by atoms with E-state index in [2.05, 4.69) is 19.9 Å². The lowest BCUT2D eigenvalue weighted by molar-refractivity contribution is -0.134. The van der Waals surface area contributed by atoms with Gasteiger partial charge in [0.2, 0.25) is 20.0 Å². The predicted octanol–water partition coefficient (Wildman–Crippen LogP) is 11.2. The second kappa shape index (κ2) is 26.3. The fourth-order valence-corrected chi connectivity index (χ4v) is 12.5. The molecule has 4 aromatic carbocycles. The molecule has 9 rings (SSSR count). The minimum absolute atomic E-state index is 0.0215. The number of piperidine rings is 2. The average molecular weight is 1160 g/mol. The van der Waals surface area contributed by atoms with E-state index in [1.54, 1.807) is 48.8 Å². The van der Waals surface area contributed by atoms with Gasteiger partial charge in [-0.05, 0) is 129 Å². The number of aldehydes is 1. The molecule has 0 radical (unpaired) electrons. The largest absolute Gasteiger partial charge is 0.495 e. The van der Waals surface area contributed by atoms with Crippen LogP contribution in [0.4, 0.5) is 11.5 Å². The van der Waals surface area contributed by atoms with Crippen molar-refractivity contribution in [2.45, 2.75) is 61.4 Å². The molecule has 24 heteroatoms. The Bertz CT molecular complexity index is 3370. The van der Waals surface area contributed by atoms with Gasteiger partial charge in [0.1, 0.15) is 28.7 Å². The molecule has 0 bridgehead atoms. The van der Waals surface area contributed by atoms with E-state index in [1.807, 2.05) is 37.3 Å². The number of sulfonamides is 2. The number of pyridine rings is 2. The Morgan fingerprint density at radius 3 is 1.77 bits per heavy atom. The SMILES string of the molecule is CC(=O)O.COc1ccc(S(=O)(=O)N2CCC(Nc3ncccc3N)CC2)cc1Cl.COc1ccc(S(=O)(=O)N2CCC(n3c(-c4ccc(C)cc4Cl)nc4cccnc43)CC2)cc1Cl.O=Cc1ccc(Cl)cc1Cl. The van der Waals surface area contributed by atoms with E-state index in [4.69, 9.17) is 88.1 Å². The summed E-state index contributed by atoms with van der Waals surface area (Å²) in [7, 11) is -4.29. The third kappa shape index (κ3) is 14.8. The summed E-state index contributed by atoms with van der Waals surface area (Å²) in [6.45, 7) is 4.63. The fraction of sp³-hybridized carbons (Fsp3) is 0.275. The Labute approximate surface area is 460 Å². The minimum atomic E-state index is -3.69. The summed E-state index contributed by atoms with van der Waals surface area (Å²) in [6.07, 6.45) is 6.67. The molecular formula is C51H53Cl5N8O9S2. The van der Waals surface area contributed by atoms with E-state index in [-0.39, 0.29) is 31.9 Å². The Kier molecular flexibility index (Phi) is 20.6. The summed E-state index contributed by atoms with van der Waals surface area (Å²) in [5, 5.41) is 12.8. The molecule has 0 unspecified atom stereocenters. The van der Waals surface area contributed by atoms with E-state index in [0.717, 1.165) is 35.0 Å². The van der Waals surface area contributed by atoms with Crippen LogP contribution in [0.15, 0.2) is 119 Å². The third-order valence-electron chi connectivity index (χ3n) is 11.8. The van der Waals surface area contributed by atoms with Crippen molar-refractivity contribution in [3.8, 4) is 22.9 Å². The second-order valence-corrected chi connectivity index (χ2v) is 22.9. The lowest BCUT2D eigenvalue weighted by Crippen LogP contribution is -2.42. The van der Waals surface area contributed by atoms with Crippen LogP contribution in [-0.4, -0.2) is 109 Å². The number of carboxylic acid groups (broad SMARTS) is 1. The number of hydrogen-bond acceptors (Lipinski definition) is 13. The first-order valence-electron chi connectivity index (χ1n) is 23.0. The number of nitrogens with one attached hydrogen (secondary N) is 1. The molecule has 0 atom stereocenters. The highest BCUT2D eigenvalue weighted by Gasteiger charge is 2.33. The van der Waals surface area contributed by atoms with Gasteiger partial charge in [0, 0.05) is 73.7 Å². The summed E-state index contributed by atoms with van der Waals surface area (Å²) in [6, 6.07) is 27.2. The normalized spacial score (nSPS) is 14.5. The van der Waals surface area contributed by atoms with Crippen LogP contribution in [0.5, 0.6) is 11.5 Å². The van der Waals surface area contributed by atoms with Gasteiger partial charge in [-0.3, -0.25) is 9.59 Å². The highest BCUT2D eigenvalue weighted by Crippen LogP contribution is 2.38. The van der Waals surface area contributed by atoms with Crippen LogP contribution in [0.1, 0.15) is 54.6 Å². The Hall–Kier alpha value is -5.74. The number of aliphatic carboxylic acids is 1. The van der Waals surface area contributed by atoms with Gasteiger partial charge in [-0.15, -0.1) is 0 Å². The van der Waals surface area contributed by atoms with E-state index in [1.165, 1.54) is 53.2 Å². The Morgan fingerprint density at radius 2 is 1.27 bits per heavy atom. The molecule has 0 amide bonds. The number of methoxy groups -OCH3 is 2. The van der Waals surface area contributed by atoms with Crippen LogP contribution in [0.25, 0.3) is 22.6 Å². The smallest absolute Gasteiger partial charge is 0.300 e. The minimum Gasteiger partial charge on any atom is -0.495 e. The summed E-state index contributed by atoms with van der Waals surface area (Å²) in [5.41, 5.74) is 10.4. The number of fused-ring (bicyclic) bond motifs is 1. The van der Waals surface area contributed by atoms with Crippen molar-refractivity contribution in [2.75, 3.05) is 51.4 Å². The number of anilines is 2. The Morgan fingerprint density at radius 1 is 0.720 bits per heavy atom. The zero-order valence-electron chi connectivity index (χ0n) is 41.0. The van der Waals surface area contributed by atoms with Gasteiger partial charge in [-0.1, -0.05) is 64.1 Å². The molecule has 3 aromatic heterocycles. The molecule has 4 N–H and O–H groups in total. The lowest BCUT2D eigenvalue weighted by Gasteiger charge is -2.32. The van der Waals surface area contributed by atoms with Gasteiger partial charge < -0.3 is 30.2 Å². The van der Waals surface area contributed by atoms with Crippen molar-refractivity contribution in [1.29, 1.82) is 0 Å². The number of nitrogens with zero attached hydrogens (tertiary/aromatic N) is 6. The number of nitrogen functional groups attached to an aromatic ring is 1. The van der Waals surface area contributed by atoms with Gasteiger partial charge in [0.15, 0.2) is 11.9 Å². The van der Waals surface area contributed by atoms with Gasteiger partial charge in [-0.25, -0.2) is 31.8 Å². The first-order chi connectivity index (χ1) is 35.7. The monoisotopic (exact) mass is 1160 g/mol. The molecule has 2 aliphatic heterocycles. The van der Waals surface area contributed by atoms with Crippen molar-refractivity contribution >= 4 is 113 Å². The predicted molar refractivity (Wildman–Crippen MR) is 295 cm³/mol. The first kappa shape index (κ1) is 58.5. The molecule has 2 aliphatic rings. The van der Waals surface area contributed by atoms with Crippen molar-refractivity contribution in [1.82, 2.24) is 28.1 Å². The zero-order chi connectivity index (χ0) is 54.6. The molecule has 0 saturated carbocycles. The summed E-state index contributed by atoms with van der Waals surface area (Å²) >= 11 is 30.0. The van der Waals surface area contributed by atoms with Gasteiger partial charge >= 0.3 is 0 Å². The highest BCUT2D eigenvalue weighted by atomic mass is 35.5. The molecule has 398 valence electrons. The van der Waals surface area contributed by atoms with Gasteiger partial charge in [0.05, 0.1) is 49.8 Å². The van der Waals surface area contributed by atoms with Crippen molar-refractivity contribution < 1.29 is 41.0 Å². The molecule has 0 spiro atoms. The Balaban J connectivity index is 0.000000199. The van der Waals surface area contributed by atoms with E-state index >= 15 is 0 Å². The number of nitrogens with two attached hydrogens (primary N) is 1. The van der Waals surface area contributed by atoms with Crippen LogP contribution in [-0.2, 0) is 24.8 Å². The van der Waals surface area contributed by atoms with Crippen molar-refractivity contribution in [3.05, 3.63) is 146 Å². The first-order valence-corrected chi connectivity index (χ1v) is 27.8. The van der Waals surface area contributed by atoms with Crippen LogP contribution >= 0.6 is 58.0 Å². The topological polar surface area (TPSA) is 229 Å². The van der Waals surface area contributed by atoms with Crippen LogP contribution in [0.3, 0.4) is 0 Å². The van der Waals surface area contributed by atoms with E-state index < -0.39 is 26.0 Å². The molecular weight excluding hydrogens is 1110 g/mol. The highest BCUT2D eigenvalue weighted by molar-refractivity contribution is 7.89. The quantitative estimate of drug-likeness (QED) is 0.102. The summed E-state index contributed by atoms with van der Waals surface area (Å²) < 4.78 is 67.6. The molecule has 5 heterocycles. The zero-order valence-corrected chi connectivity index (χ0v) is 46.4. The number of aryl methyl sites for hydroxylation is 1. The number of aromatic nitrogens is 4. The number of carboxylic acids is 1. The standard InChI is InChI=1S/C25H24Cl2N4O3S.C17H21ClN4O3S.C7H4Cl2O.C2H4O2/c1-16-5-7-19(20(26)14-16)24-29-22-4-3-11-28-25(22)31(24)17-9-12-30(13-10-17)35(32,33)18-6-8-23(34-2)21(27)15-18;1-25-16-5-4-13(11-14(16)18)26(23,24)22-9-6-12(7-10-22)21-17-15(19)3-2-8-20-17;8-6-2-1-5(4-10)7(9)3-6;1-2(3)4/h3-8,11,14-15,17H,9-10,12-13H2,1-2H3;2-5,8,11-12H,6-7,9-10,19H2,1H3,(H,20,21);1-4H;1H3,(H,3,4). The van der Waals surface area contributed by atoms with Gasteiger partial charge in [0.25, 0.3) is 5.97 Å². The third-order valence-corrected chi connectivity index (χ3v) is 17.1. The van der Waals surface area contributed by atoms with Crippen LogP contribution in [0, 0.1) is 6.92 Å². The summed E-state index contributed by atoms with van der Waals surface area (Å²) in [4.78, 5) is 33.2. The molecule has 7 aromatic rings. The number of carbonyl (C=O) groups is 2. The van der Waals surface area contributed by atoms with Crippen molar-refractivity contribution in [3.63, 3.8) is 0 Å². The average Bonchev–Trinajstić information content (AvgIpc) is 3.77. The van der Waals surface area contributed by atoms with E-state index in [9.17, 15) is 21.6 Å². The maximum Gasteiger partial charge on any atom is 0.300 e. The van der Waals surface area contributed by atoms with Crippen LogP contribution in [0.2, 0.25) is 25.1 Å². The molecule has 17 nitrogen and oxygen atoms in total. The lowest BCUT2D eigenvalue weighted by atomic mass is 10.1. The number of rotatable bonds is 11. The second-order valence-electron chi connectivity index (χ2n) is 16.9. The number of benzene rings is 4. The number of ether oxygens (including phenoxy) is 2. The molecule has 2 saturated heterocycles. The number of halogens is 5. The summed E-state index contributed by atoms with van der Waals surface area (Å²) in [5.74, 6) is 1.43.